The molecule has 0 radical (unpaired) electrons. The summed E-state index contributed by atoms with van der Waals surface area (Å²) in [4.78, 5) is 21.4. The maximum Gasteiger partial charge on any atom is 0.429 e. The third-order valence-electron chi connectivity index (χ3n) is 7.43. The molecule has 2 atom stereocenters. The van der Waals surface area contributed by atoms with Gasteiger partial charge in [0.25, 0.3) is 0 Å². The number of halogens is 4. The number of nitrogens with two attached hydrogens (primary N) is 1. The molecule has 2 aromatic carbocycles. The molecular weight excluding hydrogens is 518 g/mol. The molecule has 2 saturated heterocycles. The summed E-state index contributed by atoms with van der Waals surface area (Å²) < 4.78 is 62.4. The van der Waals surface area contributed by atoms with Gasteiger partial charge in [-0.05, 0) is 47.9 Å². The Kier molecular flexibility index (Phi) is 7.06. The number of rotatable bonds is 6. The first-order chi connectivity index (χ1) is 18.5. The largest absolute Gasteiger partial charge is 0.480 e. The van der Waals surface area contributed by atoms with Crippen LogP contribution in [0.2, 0.25) is 0 Å². The number of nitrogen functional groups attached to an aromatic ring is 1. The molecule has 0 bridgehead atoms. The predicted octanol–water partition coefficient (Wildman–Crippen LogP) is 4.58. The highest BCUT2D eigenvalue weighted by Crippen LogP contribution is 2.43. The Morgan fingerprint density at radius 3 is 2.54 bits per heavy atom. The molecule has 206 valence electrons. The monoisotopic (exact) mass is 545 g/mol. The summed E-state index contributed by atoms with van der Waals surface area (Å²) in [5, 5.41) is 12.4. The number of piperidine rings is 1. The van der Waals surface area contributed by atoms with Crippen LogP contribution in [0.1, 0.15) is 30.9 Å². The van der Waals surface area contributed by atoms with Gasteiger partial charge in [-0.2, -0.15) is 23.1 Å². The lowest BCUT2D eigenvalue weighted by Crippen LogP contribution is -2.41. The second-order valence-corrected chi connectivity index (χ2v) is 10.0. The Bertz CT molecular complexity index is 1360. The van der Waals surface area contributed by atoms with Crippen molar-refractivity contribution in [2.75, 3.05) is 30.3 Å². The van der Waals surface area contributed by atoms with Crippen molar-refractivity contribution < 1.29 is 32.2 Å². The third-order valence-corrected chi connectivity index (χ3v) is 7.43. The van der Waals surface area contributed by atoms with E-state index >= 15 is 0 Å². The van der Waals surface area contributed by atoms with E-state index in [4.69, 9.17) is 10.5 Å². The lowest BCUT2D eigenvalue weighted by atomic mass is 9.76. The summed E-state index contributed by atoms with van der Waals surface area (Å²) in [6.45, 7) is 1.64. The zero-order valence-corrected chi connectivity index (χ0v) is 20.8. The quantitative estimate of drug-likeness (QED) is 0.386. The van der Waals surface area contributed by atoms with Crippen molar-refractivity contribution in [2.45, 2.75) is 37.6 Å². The van der Waals surface area contributed by atoms with Gasteiger partial charge in [0.2, 0.25) is 17.9 Å². The van der Waals surface area contributed by atoms with E-state index in [1.165, 1.54) is 42.5 Å². The fourth-order valence-electron chi connectivity index (χ4n) is 5.41. The number of anilines is 2. The minimum absolute atomic E-state index is 0.153. The minimum Gasteiger partial charge on any atom is -0.480 e. The molecule has 39 heavy (non-hydrogen) atoms. The summed E-state index contributed by atoms with van der Waals surface area (Å²) in [5.74, 6) is -1.71. The molecule has 0 aliphatic carbocycles. The van der Waals surface area contributed by atoms with E-state index in [9.17, 15) is 27.5 Å². The van der Waals surface area contributed by atoms with Gasteiger partial charge < -0.3 is 25.8 Å². The molecule has 2 unspecified atom stereocenters. The number of aromatic nitrogens is 2. The van der Waals surface area contributed by atoms with Crippen molar-refractivity contribution in [1.82, 2.24) is 15.3 Å². The molecule has 0 amide bonds. The molecular formula is C27H27F4N5O3. The first-order valence-electron chi connectivity index (χ1n) is 12.5. The van der Waals surface area contributed by atoms with Crippen molar-refractivity contribution >= 4 is 17.7 Å². The number of benzene rings is 2. The highest BCUT2D eigenvalue weighted by molar-refractivity contribution is 5.74. The summed E-state index contributed by atoms with van der Waals surface area (Å²) >= 11 is 0. The van der Waals surface area contributed by atoms with E-state index in [-0.39, 0.29) is 33.9 Å². The third kappa shape index (κ3) is 5.75. The average Bonchev–Trinajstić information content (AvgIpc) is 3.30. The van der Waals surface area contributed by atoms with Gasteiger partial charge in [-0.15, -0.1) is 0 Å². The molecule has 0 saturated carbocycles. The number of carboxylic acids is 1. The van der Waals surface area contributed by atoms with Gasteiger partial charge in [-0.1, -0.05) is 36.4 Å². The molecule has 2 aliphatic heterocycles. The van der Waals surface area contributed by atoms with Crippen LogP contribution in [0, 0.1) is 11.2 Å². The Labute approximate surface area is 221 Å². The van der Waals surface area contributed by atoms with Crippen LogP contribution in [0.15, 0.2) is 54.6 Å². The zero-order chi connectivity index (χ0) is 27.8. The number of aliphatic carboxylic acids is 1. The van der Waals surface area contributed by atoms with E-state index in [1.807, 2.05) is 4.90 Å². The molecule has 2 aliphatic rings. The molecule has 4 N–H and O–H groups in total. The number of ether oxygens (including phenoxy) is 1. The van der Waals surface area contributed by atoms with Gasteiger partial charge in [0, 0.05) is 31.3 Å². The molecule has 12 heteroatoms. The molecule has 3 heterocycles. The van der Waals surface area contributed by atoms with E-state index in [0.717, 1.165) is 6.07 Å². The Balaban J connectivity index is 1.39. The zero-order valence-electron chi connectivity index (χ0n) is 20.8. The van der Waals surface area contributed by atoms with Gasteiger partial charge in [-0.25, -0.2) is 4.39 Å². The van der Waals surface area contributed by atoms with E-state index < -0.39 is 30.1 Å². The summed E-state index contributed by atoms with van der Waals surface area (Å²) in [6.07, 6.45) is -5.32. The molecule has 1 spiro atoms. The smallest absolute Gasteiger partial charge is 0.429 e. The van der Waals surface area contributed by atoms with Crippen molar-refractivity contribution in [1.29, 1.82) is 0 Å². The van der Waals surface area contributed by atoms with Crippen LogP contribution in [0.4, 0.5) is 29.3 Å². The second kappa shape index (κ2) is 10.3. The van der Waals surface area contributed by atoms with E-state index in [1.54, 1.807) is 6.07 Å². The van der Waals surface area contributed by atoms with Crippen molar-refractivity contribution in [3.8, 4) is 17.0 Å². The number of hydrogen-bond acceptors (Lipinski definition) is 7. The fourth-order valence-corrected chi connectivity index (χ4v) is 5.41. The Morgan fingerprint density at radius 1 is 1.13 bits per heavy atom. The summed E-state index contributed by atoms with van der Waals surface area (Å²) in [5.41, 5.74) is 5.97. The van der Waals surface area contributed by atoms with Gasteiger partial charge in [0.1, 0.15) is 17.7 Å². The van der Waals surface area contributed by atoms with E-state index in [0.29, 0.717) is 44.7 Å². The fraction of sp³-hybridized carbons (Fsp3) is 0.370. The van der Waals surface area contributed by atoms with Crippen LogP contribution >= 0.6 is 0 Å². The first-order valence-corrected chi connectivity index (χ1v) is 12.5. The topological polar surface area (TPSA) is 114 Å². The van der Waals surface area contributed by atoms with Gasteiger partial charge >= 0.3 is 12.1 Å². The minimum atomic E-state index is -4.82. The second-order valence-electron chi connectivity index (χ2n) is 10.0. The first kappa shape index (κ1) is 26.7. The highest BCUT2D eigenvalue weighted by Gasteiger charge is 2.45. The number of carboxylic acid groups (broad SMARTS) is 1. The lowest BCUT2D eigenvalue weighted by molar-refractivity contribution is -0.198. The van der Waals surface area contributed by atoms with Gasteiger partial charge in [0.15, 0.2) is 0 Å². The SMILES string of the molecule is Nc1nc(OC(c2ccccc2-c2cccc(F)c2)C(F)(F)F)cc(N2CCC3(CC2)CNC(C(=O)O)C3)n1. The summed E-state index contributed by atoms with van der Waals surface area (Å²) in [6, 6.07) is 11.9. The van der Waals surface area contributed by atoms with Crippen LogP contribution in [-0.4, -0.2) is 52.9 Å². The molecule has 8 nitrogen and oxygen atoms in total. The van der Waals surface area contributed by atoms with Crippen LogP contribution < -0.4 is 20.7 Å². The van der Waals surface area contributed by atoms with Crippen LogP contribution in [0.25, 0.3) is 11.1 Å². The van der Waals surface area contributed by atoms with Crippen LogP contribution in [-0.2, 0) is 4.79 Å². The number of hydrogen-bond donors (Lipinski definition) is 3. The Hall–Kier alpha value is -3.93. The number of carbonyl (C=O) groups is 1. The molecule has 3 aromatic rings. The maximum atomic E-state index is 14.3. The molecule has 2 fully saturated rings. The predicted molar refractivity (Wildman–Crippen MR) is 136 cm³/mol. The van der Waals surface area contributed by atoms with Gasteiger partial charge in [0.05, 0.1) is 0 Å². The van der Waals surface area contributed by atoms with Gasteiger partial charge in [-0.3, -0.25) is 4.79 Å². The molecule has 5 rings (SSSR count). The number of nitrogens with one attached hydrogen (secondary N) is 1. The van der Waals surface area contributed by atoms with Crippen LogP contribution in [0.5, 0.6) is 5.88 Å². The maximum absolute atomic E-state index is 14.3. The normalized spacial score (nSPS) is 19.7. The number of nitrogens with zero attached hydrogens (tertiary/aromatic N) is 3. The summed E-state index contributed by atoms with van der Waals surface area (Å²) in [7, 11) is 0. The number of alkyl halides is 3. The Morgan fingerprint density at radius 2 is 1.87 bits per heavy atom. The average molecular weight is 546 g/mol. The van der Waals surface area contributed by atoms with Crippen molar-refractivity contribution in [3.05, 3.63) is 66.0 Å². The van der Waals surface area contributed by atoms with E-state index in [2.05, 4.69) is 15.3 Å². The standard InChI is InChI=1S/C27H27F4N5O3/c28-17-5-3-4-16(12-17)18-6-1-2-7-19(18)23(27(29,30)31)39-22-13-21(34-25(32)35-22)36-10-8-26(9-11-36)14-20(24(37)38)33-15-26/h1-7,12-13,20,23,33H,8-11,14-15H2,(H,37,38)(H2,32,34,35). The van der Waals surface area contributed by atoms with Crippen LogP contribution in [0.3, 0.4) is 0 Å². The lowest BCUT2D eigenvalue weighted by Gasteiger charge is -2.39. The van der Waals surface area contributed by atoms with Crippen molar-refractivity contribution in [3.63, 3.8) is 0 Å². The molecule has 1 aromatic heterocycles. The van der Waals surface area contributed by atoms with Crippen molar-refractivity contribution in [2.24, 2.45) is 5.41 Å². The highest BCUT2D eigenvalue weighted by atomic mass is 19.4.